The van der Waals surface area contributed by atoms with Gasteiger partial charge in [0.05, 0.1) is 0 Å². The van der Waals surface area contributed by atoms with Gasteiger partial charge in [-0.3, -0.25) is 0 Å². The smallest absolute Gasteiger partial charge is 0.175 e. The van der Waals surface area contributed by atoms with E-state index in [1.165, 1.54) is 0 Å². The second-order valence-electron chi connectivity index (χ2n) is 12.2. The van der Waals surface area contributed by atoms with E-state index in [2.05, 4.69) is 41.9 Å². The molecule has 2 atom stereocenters. The second kappa shape index (κ2) is 13.0. The molecule has 7 nitrogen and oxygen atoms in total. The van der Waals surface area contributed by atoms with E-state index in [4.69, 9.17) is 18.8 Å². The quantitative estimate of drug-likeness (QED) is 0.0680. The van der Waals surface area contributed by atoms with Crippen molar-refractivity contribution >= 4 is 77.9 Å². The van der Waals surface area contributed by atoms with E-state index in [-0.39, 0.29) is 16.1 Å². The highest BCUT2D eigenvalue weighted by Gasteiger charge is 2.34. The van der Waals surface area contributed by atoms with Gasteiger partial charge in [-0.15, -0.1) is 0 Å². The lowest BCUT2D eigenvalue weighted by molar-refractivity contribution is -0.698. The van der Waals surface area contributed by atoms with Crippen molar-refractivity contribution in [2.75, 3.05) is 5.73 Å². The van der Waals surface area contributed by atoms with Gasteiger partial charge in [0.2, 0.25) is 0 Å². The lowest BCUT2D eigenvalue weighted by atomic mass is 9.86. The molecule has 0 radical (unpaired) electrons. The molecule has 9 heteroatoms. The average molecular weight is 808 g/mol. The highest BCUT2D eigenvalue weighted by Crippen LogP contribution is 2.53. The van der Waals surface area contributed by atoms with E-state index in [0.717, 1.165) is 28.4 Å². The van der Waals surface area contributed by atoms with Gasteiger partial charge in [-0.25, -0.2) is 3.56 Å². The van der Waals surface area contributed by atoms with Gasteiger partial charge in [0.1, 0.15) is 34.2 Å². The summed E-state index contributed by atoms with van der Waals surface area (Å²) in [7, 11) is 0. The van der Waals surface area contributed by atoms with E-state index >= 15 is 0 Å². The molecule has 0 saturated heterocycles. The maximum atomic E-state index is 13.0. The summed E-state index contributed by atoms with van der Waals surface area (Å²) in [6.45, 7) is 12.4. The van der Waals surface area contributed by atoms with Crippen LogP contribution in [0.2, 0.25) is 0 Å². The Balaban J connectivity index is 1.52. The first-order valence-electron chi connectivity index (χ1n) is 13.8. The van der Waals surface area contributed by atoms with Crippen LogP contribution in [0.5, 0.6) is 17.2 Å². The largest absolute Gasteiger partial charge is 0.623 e. The average Bonchev–Trinajstić information content (AvgIpc) is 2.93. The molecule has 4 aromatic rings. The lowest BCUT2D eigenvalue weighted by Crippen LogP contribution is -2.96. The number of halogens is 2. The zero-order chi connectivity index (χ0) is 31.6. The van der Waals surface area contributed by atoms with Gasteiger partial charge >= 0.3 is 0 Å². The van der Waals surface area contributed by atoms with Crippen LogP contribution in [0.4, 0.5) is 28.4 Å². The van der Waals surface area contributed by atoms with Crippen LogP contribution in [-0.2, 0) is 5.41 Å². The molecule has 228 valence electrons. The Labute approximate surface area is 272 Å². The molecule has 0 amide bonds. The normalized spacial score (nSPS) is 14.2. The van der Waals surface area contributed by atoms with Gasteiger partial charge in [-0.1, -0.05) is 26.8 Å². The van der Waals surface area contributed by atoms with Crippen LogP contribution in [-0.4, -0.2) is 14.6 Å². The second-order valence-corrected chi connectivity index (χ2v) is 19.5. The summed E-state index contributed by atoms with van der Waals surface area (Å²) >= 11 is -3.23. The van der Waals surface area contributed by atoms with Crippen molar-refractivity contribution in [2.24, 2.45) is 0 Å². The molecule has 0 aliphatic heterocycles. The molecular formula is C34H41I2N4O3+. The number of nitrogen functional groups attached to an aromatic ring is 1. The van der Waals surface area contributed by atoms with E-state index in [0.29, 0.717) is 23.8 Å². The minimum atomic E-state index is -2.51. The molecule has 4 N–H and O–H groups in total. The molecule has 4 aromatic carbocycles. The maximum Gasteiger partial charge on any atom is 0.175 e. The van der Waals surface area contributed by atoms with E-state index < -0.39 is 40.5 Å². The number of benzene rings is 4. The topological polar surface area (TPSA) is 95.8 Å². The molecule has 2 unspecified atom stereocenters. The van der Waals surface area contributed by atoms with Crippen LogP contribution >= 0.6 is 40.5 Å². The van der Waals surface area contributed by atoms with E-state index in [9.17, 15) is 5.21 Å². The number of hydrogen-bond donors (Lipinski definition) is 3. The third-order valence-electron chi connectivity index (χ3n) is 6.67. The summed E-state index contributed by atoms with van der Waals surface area (Å²) in [6, 6.07) is 28.3. The van der Waals surface area contributed by atoms with Crippen LogP contribution in [0, 0.1) is 8.77 Å². The summed E-state index contributed by atoms with van der Waals surface area (Å²) in [6.07, 6.45) is 0. The van der Waals surface area contributed by atoms with Crippen LogP contribution in [0.25, 0.3) is 0 Å². The molecule has 43 heavy (non-hydrogen) atoms. The van der Waals surface area contributed by atoms with Gasteiger partial charge in [-0.05, 0) is 77.2 Å². The fraction of sp³-hybridized carbons (Fsp3) is 0.235. The molecule has 4 rings (SSSR count). The molecule has 0 aliphatic carbocycles. The summed E-state index contributed by atoms with van der Waals surface area (Å²) < 4.78 is 29.9. The summed E-state index contributed by atoms with van der Waals surface area (Å²) in [4.78, 5) is 0. The number of nitrogens with two attached hydrogens (primary N) is 1. The number of nitrogens with one attached hydrogen (secondary N) is 2. The van der Waals surface area contributed by atoms with Crippen LogP contribution < -0.4 is 21.2 Å². The van der Waals surface area contributed by atoms with Gasteiger partial charge in [-0.2, -0.15) is 0.910 Å². The summed E-state index contributed by atoms with van der Waals surface area (Å²) in [5, 5.41) is 13.0. The van der Waals surface area contributed by atoms with E-state index in [1.54, 1.807) is 36.4 Å². The number of quaternary nitrogens is 2. The first kappa shape index (κ1) is 33.1. The van der Waals surface area contributed by atoms with Crippen molar-refractivity contribution < 1.29 is 14.5 Å². The van der Waals surface area contributed by atoms with Crippen molar-refractivity contribution in [1.29, 1.82) is 3.56 Å². The third-order valence-corrected chi connectivity index (χ3v) is 16.1. The lowest BCUT2D eigenvalue weighted by Gasteiger charge is -2.30. The SMILES string of the molecule is C=I[N+](c1ccc(Oc2ccc([NH+]([O-])c3ccc(OC(C)(C)C)cc3)cc2)cc1)(c1ccc(C(C)(C)C)c(N)c1)I(=C)=N. The molecule has 0 heterocycles. The molecule has 0 aromatic heterocycles. The highest BCUT2D eigenvalue weighted by molar-refractivity contribution is 14.3. The zero-order valence-electron chi connectivity index (χ0n) is 25.6. The van der Waals surface area contributed by atoms with Crippen molar-refractivity contribution in [3.8, 4) is 17.2 Å². The monoisotopic (exact) mass is 807 g/mol. The summed E-state index contributed by atoms with van der Waals surface area (Å²) in [5.74, 6) is 2.01. The third kappa shape index (κ3) is 7.63. The van der Waals surface area contributed by atoms with Crippen molar-refractivity contribution in [2.45, 2.75) is 52.6 Å². The van der Waals surface area contributed by atoms with Crippen molar-refractivity contribution in [3.63, 3.8) is 0 Å². The number of anilines is 1. The Morgan fingerprint density at radius 2 is 1.26 bits per heavy atom. The number of hydrogen-bond acceptors (Lipinski definition) is 5. The first-order valence-corrected chi connectivity index (χ1v) is 19.8. The van der Waals surface area contributed by atoms with Crippen LogP contribution in [0.3, 0.4) is 0 Å². The summed E-state index contributed by atoms with van der Waals surface area (Å²) in [5.41, 5.74) is 11.1. The van der Waals surface area contributed by atoms with Crippen molar-refractivity contribution in [1.82, 2.24) is 0.910 Å². The predicted octanol–water partition coefficient (Wildman–Crippen LogP) is 9.45. The van der Waals surface area contributed by atoms with E-state index in [1.807, 2.05) is 63.2 Å². The number of nitrogens with zero attached hydrogens (tertiary/aromatic N) is 1. The van der Waals surface area contributed by atoms with Crippen LogP contribution in [0.1, 0.15) is 47.1 Å². The Bertz CT molecular complexity index is 1650. The minimum absolute atomic E-state index is 0.0669. The Morgan fingerprint density at radius 3 is 1.67 bits per heavy atom. The highest BCUT2D eigenvalue weighted by atomic mass is 127. The predicted molar refractivity (Wildman–Crippen MR) is 199 cm³/mol. The Kier molecular flexibility index (Phi) is 10.0. The first-order chi connectivity index (χ1) is 20.1. The fourth-order valence-corrected chi connectivity index (χ4v) is 10.5. The molecule has 0 spiro atoms. The number of rotatable bonds is 9. The molecule has 0 bridgehead atoms. The minimum Gasteiger partial charge on any atom is -0.623 e. The number of ether oxygens (including phenoxy) is 2. The molecule has 0 aliphatic rings. The Morgan fingerprint density at radius 1 is 0.791 bits per heavy atom. The molecule has 0 fully saturated rings. The Hall–Kier alpha value is -2.84. The molecular weight excluding hydrogens is 766 g/mol. The zero-order valence-corrected chi connectivity index (χ0v) is 29.9. The van der Waals surface area contributed by atoms with Crippen molar-refractivity contribution in [3.05, 3.63) is 102 Å². The van der Waals surface area contributed by atoms with Gasteiger partial charge < -0.3 is 25.5 Å². The fourth-order valence-electron chi connectivity index (χ4n) is 4.69. The maximum absolute atomic E-state index is 13.0. The standard InChI is InChI=1S/C34H41I2N4O3/c1-33(2,3)31-22-15-27(23-32(31)37)40(35-7,36(8)38)26-13-20-29(21-14-26)42-28-16-9-24(10-17-28)39(41)25-11-18-30(19-12-25)43-34(4,5)6/h9-23,38-39H,7-8,37H2,1-6H3/q+1. The van der Waals surface area contributed by atoms with Gasteiger partial charge in [0, 0.05) is 54.2 Å². The van der Waals surface area contributed by atoms with Crippen LogP contribution in [0.15, 0.2) is 91.0 Å². The molecule has 0 saturated carbocycles. The van der Waals surface area contributed by atoms with Gasteiger partial charge in [0.15, 0.2) is 51.8 Å². The van der Waals surface area contributed by atoms with Gasteiger partial charge in [0.25, 0.3) is 0 Å².